The molecule has 1 N–H and O–H groups in total. The minimum atomic E-state index is -0.245. The molecule has 6 heteroatoms. The van der Waals surface area contributed by atoms with E-state index in [2.05, 4.69) is 17.1 Å². The first-order chi connectivity index (χ1) is 11.7. The van der Waals surface area contributed by atoms with E-state index in [1.807, 2.05) is 0 Å². The van der Waals surface area contributed by atoms with Gasteiger partial charge in [0, 0.05) is 17.5 Å². The van der Waals surface area contributed by atoms with Crippen LogP contribution in [0.5, 0.6) is 0 Å². The van der Waals surface area contributed by atoms with Crippen LogP contribution in [0.2, 0.25) is 0 Å². The molecule has 0 radical (unpaired) electrons. The van der Waals surface area contributed by atoms with Gasteiger partial charge in [0.15, 0.2) is 5.11 Å². The van der Waals surface area contributed by atoms with Crippen molar-refractivity contribution in [3.8, 4) is 0 Å². The Kier molecular flexibility index (Phi) is 5.76. The summed E-state index contributed by atoms with van der Waals surface area (Å²) < 4.78 is 5.04. The van der Waals surface area contributed by atoms with E-state index in [1.165, 1.54) is 43.2 Å². The molecule has 3 rings (SSSR count). The van der Waals surface area contributed by atoms with Crippen LogP contribution in [0.15, 0.2) is 0 Å². The Morgan fingerprint density at radius 3 is 2.88 bits per heavy atom. The Labute approximate surface area is 153 Å². The lowest BCUT2D eigenvalue weighted by Crippen LogP contribution is -2.45. The SMILES string of the molecule is CC[C@H]1CCCCN1C(=S)Nc1sc2c(c1C(=O)OC)CCCC2. The summed E-state index contributed by atoms with van der Waals surface area (Å²) in [6.07, 6.45) is 9.12. The molecule has 1 aromatic rings. The van der Waals surface area contributed by atoms with Gasteiger partial charge in [-0.05, 0) is 69.1 Å². The second-order valence-corrected chi connectivity index (χ2v) is 8.08. The van der Waals surface area contributed by atoms with Crippen molar-refractivity contribution in [3.05, 3.63) is 16.0 Å². The molecule has 1 saturated heterocycles. The predicted molar refractivity (Wildman–Crippen MR) is 103 cm³/mol. The number of thiophene rings is 1. The lowest BCUT2D eigenvalue weighted by atomic mass is 9.95. The van der Waals surface area contributed by atoms with Gasteiger partial charge in [0.05, 0.1) is 12.7 Å². The minimum Gasteiger partial charge on any atom is -0.465 e. The number of piperidine rings is 1. The third-order valence-electron chi connectivity index (χ3n) is 5.14. The van der Waals surface area contributed by atoms with Crippen LogP contribution in [-0.4, -0.2) is 35.7 Å². The first kappa shape index (κ1) is 17.7. The third-order valence-corrected chi connectivity index (χ3v) is 6.68. The molecule has 132 valence electrons. The number of nitrogens with one attached hydrogen (secondary N) is 1. The second-order valence-electron chi connectivity index (χ2n) is 6.59. The number of aryl methyl sites for hydroxylation is 1. The number of carbonyl (C=O) groups excluding carboxylic acids is 1. The smallest absolute Gasteiger partial charge is 0.341 e. The number of carbonyl (C=O) groups is 1. The third kappa shape index (κ3) is 3.45. The van der Waals surface area contributed by atoms with Gasteiger partial charge in [-0.25, -0.2) is 4.79 Å². The molecule has 1 aromatic heterocycles. The summed E-state index contributed by atoms with van der Waals surface area (Å²) in [6, 6.07) is 0.509. The van der Waals surface area contributed by atoms with Crippen LogP contribution < -0.4 is 5.32 Å². The van der Waals surface area contributed by atoms with E-state index in [4.69, 9.17) is 17.0 Å². The van der Waals surface area contributed by atoms with Crippen molar-refractivity contribution in [1.82, 2.24) is 4.90 Å². The molecule has 1 aliphatic carbocycles. The van der Waals surface area contributed by atoms with Crippen molar-refractivity contribution in [2.45, 2.75) is 64.3 Å². The van der Waals surface area contributed by atoms with E-state index >= 15 is 0 Å². The normalized spacial score (nSPS) is 20.4. The molecule has 1 atom stereocenters. The molecule has 0 bridgehead atoms. The Morgan fingerprint density at radius 1 is 1.33 bits per heavy atom. The molecule has 2 aliphatic rings. The van der Waals surface area contributed by atoms with Gasteiger partial charge in [-0.3, -0.25) is 0 Å². The number of likely N-dealkylation sites (tertiary alicyclic amines) is 1. The summed E-state index contributed by atoms with van der Waals surface area (Å²) in [4.78, 5) is 16.0. The van der Waals surface area contributed by atoms with Gasteiger partial charge in [-0.15, -0.1) is 11.3 Å². The first-order valence-corrected chi connectivity index (χ1v) is 10.2. The zero-order valence-electron chi connectivity index (χ0n) is 14.5. The van der Waals surface area contributed by atoms with Crippen LogP contribution in [0.3, 0.4) is 0 Å². The monoisotopic (exact) mass is 366 g/mol. The number of ether oxygens (including phenoxy) is 1. The summed E-state index contributed by atoms with van der Waals surface area (Å²) in [5.41, 5.74) is 1.89. The first-order valence-electron chi connectivity index (χ1n) is 8.96. The van der Waals surface area contributed by atoms with Crippen LogP contribution in [0.1, 0.15) is 66.2 Å². The average Bonchev–Trinajstić information content (AvgIpc) is 2.98. The molecule has 0 spiro atoms. The molecular formula is C18H26N2O2S2. The molecule has 0 aromatic carbocycles. The van der Waals surface area contributed by atoms with Crippen LogP contribution in [0, 0.1) is 0 Å². The van der Waals surface area contributed by atoms with Gasteiger partial charge in [0.25, 0.3) is 0 Å². The van der Waals surface area contributed by atoms with Crippen molar-refractivity contribution >= 4 is 39.6 Å². The van der Waals surface area contributed by atoms with Crippen molar-refractivity contribution in [1.29, 1.82) is 0 Å². The van der Waals surface area contributed by atoms with Crippen molar-refractivity contribution < 1.29 is 9.53 Å². The highest BCUT2D eigenvalue weighted by molar-refractivity contribution is 7.80. The number of hydrogen-bond donors (Lipinski definition) is 1. The van der Waals surface area contributed by atoms with E-state index in [0.717, 1.165) is 42.3 Å². The van der Waals surface area contributed by atoms with Crippen LogP contribution in [0.25, 0.3) is 0 Å². The van der Waals surface area contributed by atoms with Crippen LogP contribution >= 0.6 is 23.6 Å². The van der Waals surface area contributed by atoms with Crippen LogP contribution in [0.4, 0.5) is 5.00 Å². The zero-order valence-corrected chi connectivity index (χ0v) is 16.2. The number of hydrogen-bond acceptors (Lipinski definition) is 4. The van der Waals surface area contributed by atoms with E-state index in [9.17, 15) is 4.79 Å². The fourth-order valence-electron chi connectivity index (χ4n) is 3.83. The van der Waals surface area contributed by atoms with E-state index < -0.39 is 0 Å². The summed E-state index contributed by atoms with van der Waals surface area (Å²) in [5.74, 6) is -0.245. The molecular weight excluding hydrogens is 340 g/mol. The molecule has 0 saturated carbocycles. The van der Waals surface area contributed by atoms with Gasteiger partial charge in [0.1, 0.15) is 5.00 Å². The molecule has 2 heterocycles. The number of nitrogens with zero attached hydrogens (tertiary/aromatic N) is 1. The van der Waals surface area contributed by atoms with Crippen molar-refractivity contribution in [3.63, 3.8) is 0 Å². The second kappa shape index (κ2) is 7.83. The molecule has 0 unspecified atom stereocenters. The Hall–Kier alpha value is -1.14. The number of esters is 1. The number of thiocarbonyl (C=S) groups is 1. The predicted octanol–water partition coefficient (Wildman–Crippen LogP) is 4.37. The van der Waals surface area contributed by atoms with Crippen molar-refractivity contribution in [2.24, 2.45) is 0 Å². The fraction of sp³-hybridized carbons (Fsp3) is 0.667. The summed E-state index contributed by atoms with van der Waals surface area (Å²) in [7, 11) is 1.45. The van der Waals surface area contributed by atoms with Gasteiger partial charge >= 0.3 is 5.97 Å². The van der Waals surface area contributed by atoms with Crippen molar-refractivity contribution in [2.75, 3.05) is 19.0 Å². The standard InChI is InChI=1S/C18H26N2O2S2/c1-3-12-8-6-7-11-20(12)18(23)19-16-15(17(21)22-2)13-9-4-5-10-14(13)24-16/h12H,3-11H2,1-2H3,(H,19,23)/t12-/m0/s1. The zero-order chi connectivity index (χ0) is 17.1. The van der Waals surface area contributed by atoms with Gasteiger partial charge in [-0.1, -0.05) is 6.92 Å². The number of methoxy groups -OCH3 is 1. The average molecular weight is 367 g/mol. The van der Waals surface area contributed by atoms with E-state index in [1.54, 1.807) is 11.3 Å². The minimum absolute atomic E-state index is 0.245. The molecule has 4 nitrogen and oxygen atoms in total. The highest BCUT2D eigenvalue weighted by Crippen LogP contribution is 2.39. The maximum atomic E-state index is 12.3. The molecule has 0 amide bonds. The maximum Gasteiger partial charge on any atom is 0.341 e. The van der Waals surface area contributed by atoms with E-state index in [-0.39, 0.29) is 5.97 Å². The summed E-state index contributed by atoms with van der Waals surface area (Å²) in [6.45, 7) is 3.22. The highest BCUT2D eigenvalue weighted by Gasteiger charge is 2.28. The Balaban J connectivity index is 1.85. The Morgan fingerprint density at radius 2 is 2.12 bits per heavy atom. The lowest BCUT2D eigenvalue weighted by molar-refractivity contribution is 0.0601. The Bertz CT molecular complexity index is 627. The van der Waals surface area contributed by atoms with Crippen LogP contribution in [-0.2, 0) is 17.6 Å². The van der Waals surface area contributed by atoms with Gasteiger partial charge in [0.2, 0.25) is 0 Å². The van der Waals surface area contributed by atoms with Gasteiger partial charge in [-0.2, -0.15) is 0 Å². The molecule has 1 aliphatic heterocycles. The number of fused-ring (bicyclic) bond motifs is 1. The largest absolute Gasteiger partial charge is 0.465 e. The molecule has 24 heavy (non-hydrogen) atoms. The quantitative estimate of drug-likeness (QED) is 0.635. The van der Waals surface area contributed by atoms with E-state index in [0.29, 0.717) is 11.6 Å². The number of rotatable bonds is 3. The lowest BCUT2D eigenvalue weighted by Gasteiger charge is -2.37. The highest BCUT2D eigenvalue weighted by atomic mass is 32.1. The van der Waals surface area contributed by atoms with Gasteiger partial charge < -0.3 is 15.0 Å². The number of anilines is 1. The molecule has 1 fully saturated rings. The summed E-state index contributed by atoms with van der Waals surface area (Å²) in [5, 5.41) is 5.02. The fourth-order valence-corrected chi connectivity index (χ4v) is 5.52. The maximum absolute atomic E-state index is 12.3. The summed E-state index contributed by atoms with van der Waals surface area (Å²) >= 11 is 7.37. The topological polar surface area (TPSA) is 41.6 Å².